The molecule has 0 N–H and O–H groups in total. The first-order chi connectivity index (χ1) is 20.8. The molecule has 0 amide bonds. The van der Waals surface area contributed by atoms with Gasteiger partial charge >= 0.3 is 6.01 Å². The van der Waals surface area contributed by atoms with E-state index in [9.17, 15) is 8.60 Å². The number of hydrogen-bond donors (Lipinski definition) is 0. The Bertz CT molecular complexity index is 1720. The van der Waals surface area contributed by atoms with Gasteiger partial charge in [-0.05, 0) is 35.7 Å². The minimum atomic E-state index is -2.25. The highest BCUT2D eigenvalue weighted by Crippen LogP contribution is 2.32. The van der Waals surface area contributed by atoms with Crippen molar-refractivity contribution in [2.75, 3.05) is 25.7 Å². The van der Waals surface area contributed by atoms with Crippen LogP contribution in [0, 0.1) is 5.82 Å². The average molecular weight is 643 g/mol. The number of imidazole rings is 1. The van der Waals surface area contributed by atoms with Gasteiger partial charge < -0.3 is 14.2 Å². The third-order valence-electron chi connectivity index (χ3n) is 7.40. The fourth-order valence-corrected chi connectivity index (χ4v) is 6.35. The Balaban J connectivity index is 1.43. The molecule has 2 aromatic heterocycles. The minimum Gasteiger partial charge on any atom is -0.456 e. The summed E-state index contributed by atoms with van der Waals surface area (Å²) in [6, 6.07) is 17.3. The lowest BCUT2D eigenvalue weighted by Crippen LogP contribution is -2.31. The zero-order valence-corrected chi connectivity index (χ0v) is 27.9. The Kier molecular flexibility index (Phi) is 9.54. The molecule has 12 heteroatoms. The predicted octanol–water partition coefficient (Wildman–Crippen LogP) is 7.47. The van der Waals surface area contributed by atoms with Gasteiger partial charge in [0, 0.05) is 48.6 Å². The van der Waals surface area contributed by atoms with Crippen LogP contribution in [0.3, 0.4) is 0 Å². The van der Waals surface area contributed by atoms with Crippen molar-refractivity contribution in [1.82, 2.24) is 14.5 Å². The summed E-state index contributed by atoms with van der Waals surface area (Å²) in [5.74, 6) is -0.521. The Labute approximate surface area is 259 Å². The molecule has 0 spiro atoms. The van der Waals surface area contributed by atoms with Gasteiger partial charge in [0.1, 0.15) is 12.4 Å². The third kappa shape index (κ3) is 7.71. The van der Waals surface area contributed by atoms with Gasteiger partial charge in [-0.25, -0.2) is 18.0 Å². The van der Waals surface area contributed by atoms with Gasteiger partial charge in [-0.2, -0.15) is 9.35 Å². The van der Waals surface area contributed by atoms with Crippen LogP contribution in [0.25, 0.3) is 33.5 Å². The third-order valence-corrected chi connectivity index (χ3v) is 9.76. The summed E-state index contributed by atoms with van der Waals surface area (Å²) in [5, 5.41) is 0. The van der Waals surface area contributed by atoms with Gasteiger partial charge in [-0.3, -0.25) is 4.57 Å². The molecule has 1 saturated heterocycles. The SMILES string of the molecule is CC[C@H]1OC[C@@H](Oc2nc3nc(-c4ccc(-c5ccc(N=S(C)(C)=O)cc5)cc4)c(F)cc3n2COCC[Si](C)(C)C)[C@@H]1F. The second-order valence-corrected chi connectivity index (χ2v) is 20.8. The van der Waals surface area contributed by atoms with Gasteiger partial charge in [-0.15, -0.1) is 0 Å². The quantitative estimate of drug-likeness (QED) is 0.125. The van der Waals surface area contributed by atoms with Crippen molar-refractivity contribution >= 4 is 34.7 Å². The van der Waals surface area contributed by atoms with E-state index in [1.54, 1.807) is 29.2 Å². The largest absolute Gasteiger partial charge is 0.456 e. The van der Waals surface area contributed by atoms with Crippen molar-refractivity contribution in [3.63, 3.8) is 0 Å². The lowest BCUT2D eigenvalue weighted by molar-refractivity contribution is 0.0660. The standard InChI is InChI=1S/C32H40F2N4O4SSi/c1-7-27-29(34)28(19-41-27)42-32-36-31-26(38(32)20-40-16-17-44(4,5)6)18-25(33)30(35-31)23-10-8-21(9-11-23)22-12-14-24(15-13-22)37-43(2,3)39/h8-15,18,27-29H,7,16-17,19-20H2,1-6H3/t27-,28-,29-/m1/s1. The van der Waals surface area contributed by atoms with Crippen molar-refractivity contribution in [1.29, 1.82) is 0 Å². The van der Waals surface area contributed by atoms with Crippen molar-refractivity contribution in [3.05, 3.63) is 60.4 Å². The molecule has 5 rings (SSSR count). The summed E-state index contributed by atoms with van der Waals surface area (Å²) in [6.45, 7) is 9.39. The van der Waals surface area contributed by atoms with E-state index < -0.39 is 42.0 Å². The molecule has 0 saturated carbocycles. The van der Waals surface area contributed by atoms with Gasteiger partial charge in [0.15, 0.2) is 23.7 Å². The van der Waals surface area contributed by atoms with Crippen LogP contribution in [0.15, 0.2) is 59.0 Å². The Morgan fingerprint density at radius 2 is 1.68 bits per heavy atom. The molecular weight excluding hydrogens is 603 g/mol. The number of ether oxygens (including phenoxy) is 3. The van der Waals surface area contributed by atoms with E-state index in [2.05, 4.69) is 34.0 Å². The zero-order chi connectivity index (χ0) is 31.6. The molecule has 1 aliphatic rings. The van der Waals surface area contributed by atoms with Gasteiger partial charge in [0.05, 0.1) is 23.9 Å². The van der Waals surface area contributed by atoms with E-state index >= 15 is 4.39 Å². The summed E-state index contributed by atoms with van der Waals surface area (Å²) in [5.41, 5.74) is 3.93. The molecule has 0 radical (unpaired) electrons. The Morgan fingerprint density at radius 3 is 2.27 bits per heavy atom. The molecule has 3 heterocycles. The molecule has 44 heavy (non-hydrogen) atoms. The average Bonchev–Trinajstić information content (AvgIpc) is 3.48. The van der Waals surface area contributed by atoms with Crippen LogP contribution >= 0.6 is 0 Å². The van der Waals surface area contributed by atoms with Crippen LogP contribution in [0.4, 0.5) is 14.5 Å². The van der Waals surface area contributed by atoms with Gasteiger partial charge in [0.25, 0.3) is 0 Å². The van der Waals surface area contributed by atoms with Crippen LogP contribution in [0.5, 0.6) is 6.01 Å². The maximum Gasteiger partial charge on any atom is 0.301 e. The highest BCUT2D eigenvalue weighted by atomic mass is 32.2. The molecular formula is C32H40F2N4O4SSi. The highest BCUT2D eigenvalue weighted by Gasteiger charge is 2.39. The zero-order valence-electron chi connectivity index (χ0n) is 26.0. The minimum absolute atomic E-state index is 0.0763. The summed E-state index contributed by atoms with van der Waals surface area (Å²) >= 11 is 0. The first-order valence-corrected chi connectivity index (χ1v) is 20.8. The fraction of sp³-hybridized carbons (Fsp3) is 0.438. The predicted molar refractivity (Wildman–Crippen MR) is 174 cm³/mol. The van der Waals surface area contributed by atoms with Gasteiger partial charge in [-0.1, -0.05) is 63.0 Å². The first kappa shape index (κ1) is 32.2. The summed E-state index contributed by atoms with van der Waals surface area (Å²) in [7, 11) is -3.57. The summed E-state index contributed by atoms with van der Waals surface area (Å²) < 4.78 is 65.9. The van der Waals surface area contributed by atoms with Crippen LogP contribution < -0.4 is 4.74 Å². The summed E-state index contributed by atoms with van der Waals surface area (Å²) in [6.07, 6.45) is 1.06. The van der Waals surface area contributed by atoms with Crippen molar-refractivity contribution in [2.24, 2.45) is 4.36 Å². The number of fused-ring (bicyclic) bond motifs is 1. The normalized spacial score (nSPS) is 19.0. The van der Waals surface area contributed by atoms with E-state index in [1.807, 2.05) is 43.3 Å². The smallest absolute Gasteiger partial charge is 0.301 e. The molecule has 0 unspecified atom stereocenters. The highest BCUT2D eigenvalue weighted by molar-refractivity contribution is 7.92. The topological polar surface area (TPSA) is 87.8 Å². The first-order valence-electron chi connectivity index (χ1n) is 14.8. The monoisotopic (exact) mass is 642 g/mol. The molecule has 236 valence electrons. The number of alkyl halides is 1. The van der Waals surface area contributed by atoms with Crippen molar-refractivity contribution in [3.8, 4) is 28.4 Å². The maximum absolute atomic E-state index is 15.6. The molecule has 1 fully saturated rings. The number of nitrogens with zero attached hydrogens (tertiary/aromatic N) is 4. The lowest BCUT2D eigenvalue weighted by atomic mass is 10.0. The Hall–Kier alpha value is -3.19. The van der Waals surface area contributed by atoms with E-state index in [0.29, 0.717) is 29.8 Å². The maximum atomic E-state index is 15.6. The second kappa shape index (κ2) is 13.0. The lowest BCUT2D eigenvalue weighted by Gasteiger charge is -2.18. The Morgan fingerprint density at radius 1 is 1.05 bits per heavy atom. The number of benzene rings is 2. The van der Waals surface area contributed by atoms with Crippen LogP contribution in [-0.2, 0) is 25.9 Å². The van der Waals surface area contributed by atoms with E-state index in [1.165, 1.54) is 6.07 Å². The van der Waals surface area contributed by atoms with Crippen LogP contribution in [0.1, 0.15) is 13.3 Å². The molecule has 0 bridgehead atoms. The summed E-state index contributed by atoms with van der Waals surface area (Å²) in [4.78, 5) is 9.12. The van der Waals surface area contributed by atoms with Gasteiger partial charge in [0.2, 0.25) is 0 Å². The number of hydrogen-bond acceptors (Lipinski definition) is 7. The molecule has 1 aliphatic heterocycles. The van der Waals surface area contributed by atoms with E-state index in [4.69, 9.17) is 14.2 Å². The number of halogens is 2. The van der Waals surface area contributed by atoms with Crippen LogP contribution in [0.2, 0.25) is 25.7 Å². The molecule has 4 aromatic rings. The fourth-order valence-electron chi connectivity index (χ4n) is 4.96. The van der Waals surface area contributed by atoms with Crippen LogP contribution in [-0.4, -0.2) is 70.9 Å². The molecule has 2 aromatic carbocycles. The van der Waals surface area contributed by atoms with E-state index in [-0.39, 0.29) is 30.7 Å². The number of pyridine rings is 1. The second-order valence-electron chi connectivity index (χ2n) is 12.6. The molecule has 3 atom stereocenters. The van der Waals surface area contributed by atoms with Crippen molar-refractivity contribution in [2.45, 2.75) is 64.1 Å². The van der Waals surface area contributed by atoms with Crippen molar-refractivity contribution < 1.29 is 27.2 Å². The van der Waals surface area contributed by atoms with E-state index in [0.717, 1.165) is 17.2 Å². The number of rotatable bonds is 11. The molecule has 0 aliphatic carbocycles. The molecule has 8 nitrogen and oxygen atoms in total. The number of aromatic nitrogens is 3.